The number of aromatic nitrogens is 4. The van der Waals surface area contributed by atoms with Crippen LogP contribution in [0.25, 0.3) is 16.6 Å². The SMILES string of the molecule is O=c1ccn(-c2cccc(N3CC(CN4CCC(COc5cc(F)c6c(=O)[nH]c(CSC7CCOCC7)nc6c5)CC4)C3)c2)c(=O)[nH]1. The fourth-order valence-corrected chi connectivity index (χ4v) is 7.77. The van der Waals surface area contributed by atoms with E-state index >= 15 is 0 Å². The number of thioether (sulfide) groups is 1. The van der Waals surface area contributed by atoms with E-state index in [9.17, 15) is 18.8 Å². The quantitative estimate of drug-likeness (QED) is 0.262. The number of fused-ring (bicyclic) bond motifs is 1. The lowest BCUT2D eigenvalue weighted by molar-refractivity contribution is 0.1000. The van der Waals surface area contributed by atoms with Gasteiger partial charge in [-0.05, 0) is 62.9 Å². The zero-order valence-electron chi connectivity index (χ0n) is 26.2. The summed E-state index contributed by atoms with van der Waals surface area (Å²) in [7, 11) is 0. The van der Waals surface area contributed by atoms with Gasteiger partial charge in [0, 0.05) is 74.1 Å². The number of hydrogen-bond acceptors (Lipinski definition) is 9. The molecule has 5 heterocycles. The molecule has 11 nitrogen and oxygen atoms in total. The van der Waals surface area contributed by atoms with Gasteiger partial charge < -0.3 is 24.3 Å². The molecule has 0 spiro atoms. The van der Waals surface area contributed by atoms with Crippen LogP contribution in [0.4, 0.5) is 10.1 Å². The molecule has 47 heavy (non-hydrogen) atoms. The molecule has 13 heteroatoms. The molecule has 0 saturated carbocycles. The zero-order valence-corrected chi connectivity index (χ0v) is 27.0. The minimum absolute atomic E-state index is 0.0306. The maximum atomic E-state index is 15.0. The highest BCUT2D eigenvalue weighted by Crippen LogP contribution is 2.29. The number of benzene rings is 2. The van der Waals surface area contributed by atoms with Crippen molar-refractivity contribution in [3.8, 4) is 11.4 Å². The molecule has 2 N–H and O–H groups in total. The van der Waals surface area contributed by atoms with Crippen molar-refractivity contribution in [2.45, 2.75) is 36.7 Å². The van der Waals surface area contributed by atoms with Crippen LogP contribution >= 0.6 is 11.8 Å². The first kappa shape index (κ1) is 31.6. The number of H-pyrrole nitrogens is 2. The van der Waals surface area contributed by atoms with Gasteiger partial charge in [0.1, 0.15) is 22.8 Å². The first-order valence-electron chi connectivity index (χ1n) is 16.3. The lowest BCUT2D eigenvalue weighted by Gasteiger charge is -2.44. The van der Waals surface area contributed by atoms with Crippen molar-refractivity contribution in [2.24, 2.45) is 11.8 Å². The van der Waals surface area contributed by atoms with E-state index in [2.05, 4.69) is 24.8 Å². The Balaban J connectivity index is 0.877. The molecule has 0 atom stereocenters. The average molecular weight is 663 g/mol. The molecular weight excluding hydrogens is 623 g/mol. The normalized spacial score (nSPS) is 18.4. The maximum absolute atomic E-state index is 15.0. The van der Waals surface area contributed by atoms with Crippen molar-refractivity contribution >= 4 is 28.4 Å². The number of piperidine rings is 1. The van der Waals surface area contributed by atoms with Gasteiger partial charge in [0.2, 0.25) is 0 Å². The van der Waals surface area contributed by atoms with E-state index in [1.54, 1.807) is 17.8 Å². The molecule has 3 aliphatic rings. The van der Waals surface area contributed by atoms with E-state index in [-0.39, 0.29) is 5.39 Å². The summed E-state index contributed by atoms with van der Waals surface area (Å²) < 4.78 is 27.9. The van der Waals surface area contributed by atoms with Gasteiger partial charge >= 0.3 is 5.69 Å². The molecule has 3 aliphatic heterocycles. The average Bonchev–Trinajstić information content (AvgIpc) is 3.05. The van der Waals surface area contributed by atoms with Gasteiger partial charge in [-0.1, -0.05) is 6.07 Å². The predicted molar refractivity (Wildman–Crippen MR) is 180 cm³/mol. The summed E-state index contributed by atoms with van der Waals surface area (Å²) in [5, 5.41) is 0.441. The van der Waals surface area contributed by atoms with E-state index in [4.69, 9.17) is 9.47 Å². The van der Waals surface area contributed by atoms with Crippen molar-refractivity contribution in [1.82, 2.24) is 24.4 Å². The van der Waals surface area contributed by atoms with Gasteiger partial charge in [-0.25, -0.2) is 14.2 Å². The highest BCUT2D eigenvalue weighted by Gasteiger charge is 2.30. The smallest absolute Gasteiger partial charge is 0.332 e. The largest absolute Gasteiger partial charge is 0.493 e. The second-order valence-electron chi connectivity index (χ2n) is 12.8. The van der Waals surface area contributed by atoms with Crippen LogP contribution in [-0.2, 0) is 10.5 Å². The maximum Gasteiger partial charge on any atom is 0.332 e. The van der Waals surface area contributed by atoms with Crippen LogP contribution in [-0.4, -0.2) is 82.2 Å². The van der Waals surface area contributed by atoms with Crippen molar-refractivity contribution in [3.63, 3.8) is 0 Å². The van der Waals surface area contributed by atoms with Crippen LogP contribution in [0, 0.1) is 17.7 Å². The van der Waals surface area contributed by atoms with E-state index in [0.717, 1.165) is 83.0 Å². The van der Waals surface area contributed by atoms with Gasteiger partial charge in [0.05, 0.1) is 23.6 Å². The number of rotatable bonds is 10. The van der Waals surface area contributed by atoms with E-state index in [1.165, 1.54) is 22.9 Å². The van der Waals surface area contributed by atoms with Crippen molar-refractivity contribution < 1.29 is 13.9 Å². The lowest BCUT2D eigenvalue weighted by Crippen LogP contribution is -2.52. The number of anilines is 1. The summed E-state index contributed by atoms with van der Waals surface area (Å²) in [4.78, 5) is 50.8. The van der Waals surface area contributed by atoms with Crippen LogP contribution in [0.5, 0.6) is 5.75 Å². The van der Waals surface area contributed by atoms with E-state index in [0.29, 0.717) is 46.5 Å². The summed E-state index contributed by atoms with van der Waals surface area (Å²) in [5.41, 5.74) is 0.784. The van der Waals surface area contributed by atoms with Crippen LogP contribution < -0.4 is 26.4 Å². The zero-order chi connectivity index (χ0) is 32.3. The lowest BCUT2D eigenvalue weighted by atomic mass is 9.94. The molecule has 0 amide bonds. The van der Waals surface area contributed by atoms with Crippen molar-refractivity contribution in [3.05, 3.63) is 91.5 Å². The Morgan fingerprint density at radius 3 is 2.53 bits per heavy atom. The summed E-state index contributed by atoms with van der Waals surface area (Å²) in [6.07, 6.45) is 5.48. The number of nitrogens with zero attached hydrogens (tertiary/aromatic N) is 4. The second kappa shape index (κ2) is 14.0. The first-order valence-corrected chi connectivity index (χ1v) is 17.4. The Morgan fingerprint density at radius 2 is 1.74 bits per heavy atom. The third kappa shape index (κ3) is 7.47. The predicted octanol–water partition coefficient (Wildman–Crippen LogP) is 3.54. The Morgan fingerprint density at radius 1 is 0.957 bits per heavy atom. The molecule has 248 valence electrons. The van der Waals surface area contributed by atoms with Gasteiger partial charge in [0.25, 0.3) is 11.1 Å². The Kier molecular flexibility index (Phi) is 9.46. The number of likely N-dealkylation sites (tertiary alicyclic amines) is 1. The summed E-state index contributed by atoms with van der Waals surface area (Å²) in [6.45, 7) is 6.94. The van der Waals surface area contributed by atoms with Crippen LogP contribution in [0.1, 0.15) is 31.5 Å². The summed E-state index contributed by atoms with van der Waals surface area (Å²) >= 11 is 1.75. The molecule has 0 unspecified atom stereocenters. The molecule has 3 saturated heterocycles. The monoisotopic (exact) mass is 662 g/mol. The van der Waals surface area contributed by atoms with Gasteiger partial charge in [0.15, 0.2) is 0 Å². The Bertz CT molecular complexity index is 1890. The van der Waals surface area contributed by atoms with Crippen LogP contribution in [0.3, 0.4) is 0 Å². The highest BCUT2D eigenvalue weighted by atomic mass is 32.2. The number of ether oxygens (including phenoxy) is 2. The fraction of sp³-hybridized carbons (Fsp3) is 0.471. The van der Waals surface area contributed by atoms with Gasteiger partial charge in [-0.15, -0.1) is 0 Å². The third-order valence-corrected chi connectivity index (χ3v) is 10.8. The minimum Gasteiger partial charge on any atom is -0.493 e. The van der Waals surface area contributed by atoms with E-state index in [1.807, 2.05) is 24.3 Å². The molecule has 4 aromatic rings. The number of halogens is 1. The topological polar surface area (TPSA) is 126 Å². The standard InChI is InChI=1S/C34H39FN6O5S/c35-28-15-26(16-29-32(28)33(43)37-30(36-29)21-47-27-7-12-45-13-8-27)46-20-22-4-9-39(10-5-22)17-23-18-40(19-23)24-2-1-3-25(14-24)41-11-6-31(42)38-34(41)44/h1-3,6,11,14-16,22-23,27H,4-5,7-10,12-13,17-21H2,(H,36,37,43)(H,38,42,44). The summed E-state index contributed by atoms with van der Waals surface area (Å²) in [5.74, 6) is 1.85. The second-order valence-corrected chi connectivity index (χ2v) is 14.0. The summed E-state index contributed by atoms with van der Waals surface area (Å²) in [6, 6.07) is 12.1. The van der Waals surface area contributed by atoms with Crippen LogP contribution in [0.2, 0.25) is 0 Å². The molecule has 0 bridgehead atoms. The molecule has 2 aromatic carbocycles. The molecule has 0 aliphatic carbocycles. The first-order chi connectivity index (χ1) is 22.9. The molecular formula is C34H39FN6O5S. The van der Waals surface area contributed by atoms with Crippen LogP contribution in [0.15, 0.2) is 63.0 Å². The number of hydrogen-bond donors (Lipinski definition) is 2. The van der Waals surface area contributed by atoms with E-state index < -0.39 is 22.6 Å². The fourth-order valence-electron chi connectivity index (χ4n) is 6.71. The number of nitrogens with one attached hydrogen (secondary N) is 2. The molecule has 0 radical (unpaired) electrons. The third-order valence-electron chi connectivity index (χ3n) is 9.37. The van der Waals surface area contributed by atoms with Crippen molar-refractivity contribution in [1.29, 1.82) is 0 Å². The minimum atomic E-state index is -0.615. The van der Waals surface area contributed by atoms with Gasteiger partial charge in [-0.3, -0.25) is 19.1 Å². The highest BCUT2D eigenvalue weighted by molar-refractivity contribution is 7.99. The Hall–Kier alpha value is -3.94. The molecule has 2 aromatic heterocycles. The molecule has 7 rings (SSSR count). The molecule has 3 fully saturated rings. The van der Waals surface area contributed by atoms with Crippen molar-refractivity contribution in [2.75, 3.05) is 57.4 Å². The number of aromatic amines is 2. The van der Waals surface area contributed by atoms with Gasteiger partial charge in [-0.2, -0.15) is 11.8 Å². The Labute approximate surface area is 275 Å².